The third kappa shape index (κ3) is 3.74. The van der Waals surface area contributed by atoms with Crippen LogP contribution in [-0.4, -0.2) is 27.6 Å². The van der Waals surface area contributed by atoms with E-state index < -0.39 is 15.6 Å². The van der Waals surface area contributed by atoms with Gasteiger partial charge in [0.2, 0.25) is 10.0 Å². The van der Waals surface area contributed by atoms with Crippen LogP contribution in [0.25, 0.3) is 0 Å². The number of sulfonamides is 1. The normalized spacial score (nSPS) is 17.1. The van der Waals surface area contributed by atoms with Crippen LogP contribution in [0.2, 0.25) is 0 Å². The number of ether oxygens (including phenoxy) is 1. The third-order valence-electron chi connectivity index (χ3n) is 4.28. The largest absolute Gasteiger partial charge is 0.496 e. The second-order valence-corrected chi connectivity index (χ2v) is 7.54. The van der Waals surface area contributed by atoms with Crippen LogP contribution in [0.1, 0.15) is 36.8 Å². The fourth-order valence-electron chi connectivity index (χ4n) is 3.01. The van der Waals surface area contributed by atoms with Crippen molar-refractivity contribution in [3.63, 3.8) is 0 Å². The predicted molar refractivity (Wildman–Crippen MR) is 90.3 cm³/mol. The fraction of sp³-hybridized carbons (Fsp3) is 0.600. The summed E-state index contributed by atoms with van der Waals surface area (Å²) in [6.45, 7) is 3.95. The molecule has 1 fully saturated rings. The third-order valence-corrected chi connectivity index (χ3v) is 6.00. The van der Waals surface area contributed by atoms with Crippen LogP contribution in [0.4, 0.5) is 0 Å². The van der Waals surface area contributed by atoms with Gasteiger partial charge in [0.15, 0.2) is 0 Å². The lowest BCUT2D eigenvalue weighted by atomic mass is 10.0. The van der Waals surface area contributed by atoms with E-state index in [2.05, 4.69) is 4.72 Å². The summed E-state index contributed by atoms with van der Waals surface area (Å²) in [6, 6.07) is 3.42. The average Bonchev–Trinajstić information content (AvgIpc) is 2.89. The van der Waals surface area contributed by atoms with Crippen LogP contribution in [0.5, 0.6) is 5.75 Å². The Morgan fingerprint density at radius 2 is 1.82 bits per heavy atom. The van der Waals surface area contributed by atoms with E-state index in [4.69, 9.17) is 10.5 Å². The Kier molecular flexibility index (Phi) is 6.27. The monoisotopic (exact) mass is 348 g/mol. The summed E-state index contributed by atoms with van der Waals surface area (Å²) in [7, 11) is -2.00. The highest BCUT2D eigenvalue weighted by Crippen LogP contribution is 2.32. The van der Waals surface area contributed by atoms with E-state index in [-0.39, 0.29) is 12.4 Å². The minimum absolute atomic E-state index is 0. The topological polar surface area (TPSA) is 81.4 Å². The zero-order valence-electron chi connectivity index (χ0n) is 13.3. The van der Waals surface area contributed by atoms with Gasteiger partial charge in [-0.05, 0) is 49.9 Å². The van der Waals surface area contributed by atoms with Crippen molar-refractivity contribution in [3.05, 3.63) is 23.3 Å². The van der Waals surface area contributed by atoms with Gasteiger partial charge in [0.25, 0.3) is 0 Å². The van der Waals surface area contributed by atoms with E-state index in [1.165, 1.54) is 0 Å². The van der Waals surface area contributed by atoms with Gasteiger partial charge in [0, 0.05) is 12.1 Å². The molecule has 0 atom stereocenters. The molecule has 3 N–H and O–H groups in total. The van der Waals surface area contributed by atoms with Crippen molar-refractivity contribution in [1.29, 1.82) is 0 Å². The van der Waals surface area contributed by atoms with Crippen LogP contribution in [0.3, 0.4) is 0 Å². The number of methoxy groups -OCH3 is 1. The maximum Gasteiger partial charge on any atom is 0.241 e. The highest BCUT2D eigenvalue weighted by Gasteiger charge is 2.37. The number of hydrogen-bond donors (Lipinski definition) is 2. The van der Waals surface area contributed by atoms with Crippen molar-refractivity contribution in [3.8, 4) is 5.75 Å². The Balaban J connectivity index is 0.00000242. The molecule has 1 aromatic carbocycles. The number of nitrogens with one attached hydrogen (secondary N) is 1. The second kappa shape index (κ2) is 7.17. The van der Waals surface area contributed by atoms with Crippen LogP contribution >= 0.6 is 12.4 Å². The Hall–Kier alpha value is -0.820. The number of hydrogen-bond acceptors (Lipinski definition) is 4. The first-order chi connectivity index (χ1) is 9.83. The Labute approximate surface area is 139 Å². The van der Waals surface area contributed by atoms with Crippen molar-refractivity contribution >= 4 is 22.4 Å². The smallest absolute Gasteiger partial charge is 0.241 e. The highest BCUT2D eigenvalue weighted by molar-refractivity contribution is 7.89. The van der Waals surface area contributed by atoms with Gasteiger partial charge in [-0.1, -0.05) is 12.8 Å². The molecule has 126 valence electrons. The van der Waals surface area contributed by atoms with Gasteiger partial charge in [-0.2, -0.15) is 0 Å². The second-order valence-electron chi connectivity index (χ2n) is 5.88. The van der Waals surface area contributed by atoms with Gasteiger partial charge in [0.1, 0.15) is 5.75 Å². The molecule has 1 aromatic rings. The van der Waals surface area contributed by atoms with E-state index >= 15 is 0 Å². The lowest BCUT2D eigenvalue weighted by molar-refractivity contribution is 0.399. The standard InChI is InChI=1S/C15H24N2O3S.ClH/c1-11-9-14(12(2)8-13(11)20-3)21(18,19)17-15(10-16)6-4-5-7-15;/h8-9,17H,4-7,10,16H2,1-3H3;1H. The summed E-state index contributed by atoms with van der Waals surface area (Å²) in [5, 5.41) is 0. The molecule has 0 unspecified atom stereocenters. The lowest BCUT2D eigenvalue weighted by Crippen LogP contribution is -2.51. The van der Waals surface area contributed by atoms with Crippen LogP contribution in [-0.2, 0) is 10.0 Å². The van der Waals surface area contributed by atoms with Gasteiger partial charge in [0.05, 0.1) is 12.0 Å². The van der Waals surface area contributed by atoms with Crippen LogP contribution in [0, 0.1) is 13.8 Å². The molecule has 5 nitrogen and oxygen atoms in total. The molecule has 0 radical (unpaired) electrons. The van der Waals surface area contributed by atoms with Crippen molar-refractivity contribution in [2.45, 2.75) is 50.0 Å². The average molecular weight is 349 g/mol. The fourth-order valence-corrected chi connectivity index (χ4v) is 4.79. The zero-order valence-corrected chi connectivity index (χ0v) is 14.9. The number of halogens is 1. The minimum Gasteiger partial charge on any atom is -0.496 e. The first kappa shape index (κ1) is 19.2. The van der Waals surface area contributed by atoms with E-state index in [0.717, 1.165) is 31.2 Å². The van der Waals surface area contributed by atoms with E-state index in [1.807, 2.05) is 6.92 Å². The SMILES string of the molecule is COc1cc(C)c(S(=O)(=O)NC2(CN)CCCC2)cc1C.Cl. The molecule has 0 saturated heterocycles. The van der Waals surface area contributed by atoms with Crippen LogP contribution < -0.4 is 15.2 Å². The predicted octanol–water partition coefficient (Wildman–Crippen LogP) is 2.28. The molecular weight excluding hydrogens is 324 g/mol. The van der Waals surface area contributed by atoms with Gasteiger partial charge < -0.3 is 10.5 Å². The van der Waals surface area contributed by atoms with Gasteiger partial charge in [-0.3, -0.25) is 0 Å². The molecule has 7 heteroatoms. The van der Waals surface area contributed by atoms with E-state index in [1.54, 1.807) is 26.2 Å². The molecule has 0 bridgehead atoms. The minimum atomic E-state index is -3.58. The summed E-state index contributed by atoms with van der Waals surface area (Å²) in [6.07, 6.45) is 3.63. The first-order valence-corrected chi connectivity index (χ1v) is 8.71. The van der Waals surface area contributed by atoms with Gasteiger partial charge >= 0.3 is 0 Å². The summed E-state index contributed by atoms with van der Waals surface area (Å²) in [5.74, 6) is 0.695. The molecule has 1 aliphatic carbocycles. The van der Waals surface area contributed by atoms with Gasteiger partial charge in [-0.25, -0.2) is 13.1 Å². The number of rotatable bonds is 5. The van der Waals surface area contributed by atoms with Crippen molar-refractivity contribution in [2.24, 2.45) is 5.73 Å². The first-order valence-electron chi connectivity index (χ1n) is 7.23. The van der Waals surface area contributed by atoms with Crippen molar-refractivity contribution < 1.29 is 13.2 Å². The van der Waals surface area contributed by atoms with Crippen LogP contribution in [0.15, 0.2) is 17.0 Å². The van der Waals surface area contributed by atoms with E-state index in [9.17, 15) is 8.42 Å². The number of benzene rings is 1. The molecule has 2 rings (SSSR count). The molecule has 22 heavy (non-hydrogen) atoms. The summed E-state index contributed by atoms with van der Waals surface area (Å²) in [5.41, 5.74) is 6.81. The molecule has 0 heterocycles. The molecule has 1 saturated carbocycles. The molecular formula is C15H25ClN2O3S. The maximum atomic E-state index is 12.7. The molecule has 0 aromatic heterocycles. The Bertz CT molecular complexity index is 626. The lowest BCUT2D eigenvalue weighted by Gasteiger charge is -2.28. The summed E-state index contributed by atoms with van der Waals surface area (Å²) < 4.78 is 33.5. The molecule has 0 aliphatic heterocycles. The molecule has 0 spiro atoms. The van der Waals surface area contributed by atoms with E-state index in [0.29, 0.717) is 22.8 Å². The summed E-state index contributed by atoms with van der Waals surface area (Å²) >= 11 is 0. The van der Waals surface area contributed by atoms with Crippen molar-refractivity contribution in [2.75, 3.05) is 13.7 Å². The van der Waals surface area contributed by atoms with Crippen molar-refractivity contribution in [1.82, 2.24) is 4.72 Å². The maximum absolute atomic E-state index is 12.7. The van der Waals surface area contributed by atoms with Gasteiger partial charge in [-0.15, -0.1) is 12.4 Å². The molecule has 1 aliphatic rings. The quantitative estimate of drug-likeness (QED) is 0.855. The Morgan fingerprint density at radius 1 is 1.23 bits per heavy atom. The Morgan fingerprint density at radius 3 is 2.32 bits per heavy atom. The summed E-state index contributed by atoms with van der Waals surface area (Å²) in [4.78, 5) is 0.306. The highest BCUT2D eigenvalue weighted by atomic mass is 35.5. The zero-order chi connectivity index (χ0) is 15.7. The number of nitrogens with two attached hydrogens (primary N) is 1. The molecule has 0 amide bonds. The number of aryl methyl sites for hydroxylation is 2.